The third-order valence-electron chi connectivity index (χ3n) is 4.04. The van der Waals surface area contributed by atoms with Crippen LogP contribution < -0.4 is 5.32 Å². The number of rotatable bonds is 6. The number of hydrogen-bond acceptors (Lipinski definition) is 4. The van der Waals surface area contributed by atoms with Crippen LogP contribution in [0.5, 0.6) is 0 Å². The van der Waals surface area contributed by atoms with Gasteiger partial charge >= 0.3 is 0 Å². The molecule has 0 aliphatic carbocycles. The molecule has 0 aliphatic rings. The van der Waals surface area contributed by atoms with E-state index in [0.29, 0.717) is 12.2 Å². The highest BCUT2D eigenvalue weighted by atomic mass is 19.1. The molecule has 0 atom stereocenters. The van der Waals surface area contributed by atoms with Gasteiger partial charge in [-0.05, 0) is 43.7 Å². The first-order valence-corrected chi connectivity index (χ1v) is 8.73. The van der Waals surface area contributed by atoms with Crippen LogP contribution >= 0.6 is 0 Å². The maximum atomic E-state index is 13.3. The summed E-state index contributed by atoms with van der Waals surface area (Å²) in [6.07, 6.45) is 1.52. The Labute approximate surface area is 157 Å². The van der Waals surface area contributed by atoms with Gasteiger partial charge in [0.15, 0.2) is 0 Å². The number of anilines is 2. The molecule has 3 aromatic rings. The number of carbonyl (C=O) groups excluding carboxylic acids is 1. The number of amides is 1. The van der Waals surface area contributed by atoms with E-state index in [0.717, 1.165) is 5.56 Å². The number of carbonyl (C=O) groups is 1. The molecule has 1 heterocycles. The molecule has 0 saturated heterocycles. The second-order valence-electron chi connectivity index (χ2n) is 6.41. The monoisotopic (exact) mass is 364 g/mol. The highest BCUT2D eigenvalue weighted by Gasteiger charge is 2.21. The molecule has 138 valence electrons. The summed E-state index contributed by atoms with van der Waals surface area (Å²) < 4.78 is 13.3. The van der Waals surface area contributed by atoms with Crippen molar-refractivity contribution in [3.8, 4) is 0 Å². The van der Waals surface area contributed by atoms with Crippen molar-refractivity contribution in [1.29, 1.82) is 0 Å². The van der Waals surface area contributed by atoms with Gasteiger partial charge in [0.2, 0.25) is 5.95 Å². The van der Waals surface area contributed by atoms with E-state index in [2.05, 4.69) is 15.3 Å². The van der Waals surface area contributed by atoms with Crippen molar-refractivity contribution >= 4 is 17.5 Å². The first kappa shape index (κ1) is 18.5. The molecule has 0 radical (unpaired) electrons. The fourth-order valence-corrected chi connectivity index (χ4v) is 2.65. The first-order chi connectivity index (χ1) is 13.0. The van der Waals surface area contributed by atoms with Crippen LogP contribution in [0.15, 0.2) is 66.9 Å². The molecule has 0 unspecified atom stereocenters. The van der Waals surface area contributed by atoms with E-state index in [9.17, 15) is 9.18 Å². The lowest BCUT2D eigenvalue weighted by Crippen LogP contribution is -2.37. The summed E-state index contributed by atoms with van der Waals surface area (Å²) in [6.45, 7) is 4.43. The zero-order valence-electron chi connectivity index (χ0n) is 15.3. The average molecular weight is 364 g/mol. The van der Waals surface area contributed by atoms with Gasteiger partial charge in [0, 0.05) is 24.5 Å². The maximum absolute atomic E-state index is 13.3. The van der Waals surface area contributed by atoms with Crippen molar-refractivity contribution in [2.75, 3.05) is 5.32 Å². The molecule has 0 spiro atoms. The SMILES string of the molecule is CC(C)N(Cc1ccccc1)C(=O)c1ccnc(Nc2cccc(F)c2)n1. The Morgan fingerprint density at radius 1 is 1.11 bits per heavy atom. The van der Waals surface area contributed by atoms with Crippen LogP contribution in [-0.4, -0.2) is 26.8 Å². The maximum Gasteiger partial charge on any atom is 0.273 e. The highest BCUT2D eigenvalue weighted by Crippen LogP contribution is 2.16. The first-order valence-electron chi connectivity index (χ1n) is 8.73. The number of hydrogen-bond donors (Lipinski definition) is 1. The Bertz CT molecular complexity index is 915. The molecule has 0 saturated carbocycles. The number of nitrogens with one attached hydrogen (secondary N) is 1. The number of halogens is 1. The van der Waals surface area contributed by atoms with Crippen LogP contribution in [0, 0.1) is 5.82 Å². The lowest BCUT2D eigenvalue weighted by atomic mass is 10.1. The predicted molar refractivity (Wildman–Crippen MR) is 103 cm³/mol. The van der Waals surface area contributed by atoms with Crippen LogP contribution in [0.4, 0.5) is 16.0 Å². The van der Waals surface area contributed by atoms with Crippen molar-refractivity contribution in [2.45, 2.75) is 26.4 Å². The predicted octanol–water partition coefficient (Wildman–Crippen LogP) is 4.41. The number of nitrogens with zero attached hydrogens (tertiary/aromatic N) is 3. The molecule has 27 heavy (non-hydrogen) atoms. The molecule has 6 heteroatoms. The van der Waals surface area contributed by atoms with Crippen LogP contribution in [0.25, 0.3) is 0 Å². The molecule has 0 bridgehead atoms. The topological polar surface area (TPSA) is 58.1 Å². The fraction of sp³-hybridized carbons (Fsp3) is 0.190. The largest absolute Gasteiger partial charge is 0.331 e. The summed E-state index contributed by atoms with van der Waals surface area (Å²) in [5.41, 5.74) is 1.85. The Morgan fingerprint density at radius 2 is 1.89 bits per heavy atom. The van der Waals surface area contributed by atoms with Gasteiger partial charge in [0.1, 0.15) is 11.5 Å². The molecule has 1 aromatic heterocycles. The standard InChI is InChI=1S/C21H21FN4O/c1-15(2)26(14-16-7-4-3-5-8-16)20(27)19-11-12-23-21(25-19)24-18-10-6-9-17(22)13-18/h3-13,15H,14H2,1-2H3,(H,23,24,25). The Kier molecular flexibility index (Phi) is 5.76. The summed E-state index contributed by atoms with van der Waals surface area (Å²) in [5.74, 6) is -0.297. The van der Waals surface area contributed by atoms with Gasteiger partial charge in [-0.3, -0.25) is 4.79 Å². The second kappa shape index (κ2) is 8.40. The zero-order chi connectivity index (χ0) is 19.2. The van der Waals surface area contributed by atoms with E-state index in [4.69, 9.17) is 0 Å². The lowest BCUT2D eigenvalue weighted by Gasteiger charge is -2.26. The van der Waals surface area contributed by atoms with E-state index in [1.54, 1.807) is 23.1 Å². The van der Waals surface area contributed by atoms with Crippen LogP contribution in [0.3, 0.4) is 0 Å². The normalized spacial score (nSPS) is 10.7. The molecule has 5 nitrogen and oxygen atoms in total. The van der Waals surface area contributed by atoms with E-state index in [1.807, 2.05) is 44.2 Å². The molecule has 2 aromatic carbocycles. The summed E-state index contributed by atoms with van der Waals surface area (Å²) in [6, 6.07) is 17.4. The van der Waals surface area contributed by atoms with E-state index < -0.39 is 0 Å². The van der Waals surface area contributed by atoms with Crippen LogP contribution in [-0.2, 0) is 6.54 Å². The molecular formula is C21H21FN4O. The summed E-state index contributed by atoms with van der Waals surface area (Å²) in [4.78, 5) is 23.2. The smallest absolute Gasteiger partial charge is 0.273 e. The minimum Gasteiger partial charge on any atom is -0.331 e. The third kappa shape index (κ3) is 4.88. The van der Waals surface area contributed by atoms with Gasteiger partial charge in [0.05, 0.1) is 0 Å². The molecular weight excluding hydrogens is 343 g/mol. The molecule has 1 amide bonds. The van der Waals surface area contributed by atoms with Gasteiger partial charge in [-0.1, -0.05) is 36.4 Å². The summed E-state index contributed by atoms with van der Waals surface area (Å²) >= 11 is 0. The number of benzene rings is 2. The van der Waals surface area contributed by atoms with E-state index in [-0.39, 0.29) is 29.4 Å². The van der Waals surface area contributed by atoms with Crippen molar-refractivity contribution in [1.82, 2.24) is 14.9 Å². The van der Waals surface area contributed by atoms with Crippen LogP contribution in [0.2, 0.25) is 0 Å². The zero-order valence-corrected chi connectivity index (χ0v) is 15.3. The highest BCUT2D eigenvalue weighted by molar-refractivity contribution is 5.92. The van der Waals surface area contributed by atoms with Gasteiger partial charge < -0.3 is 10.2 Å². The molecule has 1 N–H and O–H groups in total. The molecule has 3 rings (SSSR count). The van der Waals surface area contributed by atoms with Crippen molar-refractivity contribution in [3.63, 3.8) is 0 Å². The Balaban J connectivity index is 1.80. The average Bonchev–Trinajstić information content (AvgIpc) is 2.66. The van der Waals surface area contributed by atoms with Gasteiger partial charge in [-0.2, -0.15) is 0 Å². The minimum absolute atomic E-state index is 0.00676. The second-order valence-corrected chi connectivity index (χ2v) is 6.41. The number of aromatic nitrogens is 2. The Hall–Kier alpha value is -3.28. The summed E-state index contributed by atoms with van der Waals surface area (Å²) in [5, 5.41) is 2.92. The summed E-state index contributed by atoms with van der Waals surface area (Å²) in [7, 11) is 0. The van der Waals surface area contributed by atoms with E-state index in [1.165, 1.54) is 18.3 Å². The molecule has 0 fully saturated rings. The van der Waals surface area contributed by atoms with Gasteiger partial charge in [-0.15, -0.1) is 0 Å². The fourth-order valence-electron chi connectivity index (χ4n) is 2.65. The van der Waals surface area contributed by atoms with Crippen LogP contribution in [0.1, 0.15) is 29.9 Å². The minimum atomic E-state index is -0.360. The third-order valence-corrected chi connectivity index (χ3v) is 4.04. The van der Waals surface area contributed by atoms with Gasteiger partial charge in [0.25, 0.3) is 5.91 Å². The van der Waals surface area contributed by atoms with Crippen molar-refractivity contribution in [3.05, 3.63) is 83.9 Å². The van der Waals surface area contributed by atoms with Gasteiger partial charge in [-0.25, -0.2) is 14.4 Å². The quantitative estimate of drug-likeness (QED) is 0.704. The Morgan fingerprint density at radius 3 is 2.59 bits per heavy atom. The van der Waals surface area contributed by atoms with Crippen molar-refractivity contribution in [2.24, 2.45) is 0 Å². The lowest BCUT2D eigenvalue weighted by molar-refractivity contribution is 0.0684. The molecule has 0 aliphatic heterocycles. The van der Waals surface area contributed by atoms with E-state index >= 15 is 0 Å². The van der Waals surface area contributed by atoms with Crippen molar-refractivity contribution < 1.29 is 9.18 Å².